The molecule has 0 saturated carbocycles. The van der Waals surface area contributed by atoms with Gasteiger partial charge in [-0.25, -0.2) is 15.0 Å². The maximum Gasteiger partial charge on any atom is 0.269 e. The Balaban J connectivity index is 0.709. The summed E-state index contributed by atoms with van der Waals surface area (Å²) >= 11 is 1.69. The second-order valence-electron chi connectivity index (χ2n) is 18.8. The van der Waals surface area contributed by atoms with Gasteiger partial charge in [-0.1, -0.05) is 0 Å². The Bertz CT molecular complexity index is 2880. The highest BCUT2D eigenvalue weighted by Gasteiger charge is 2.45. The maximum absolute atomic E-state index is 14.0. The Morgan fingerprint density at radius 1 is 0.765 bits per heavy atom. The van der Waals surface area contributed by atoms with E-state index in [1.54, 1.807) is 43.0 Å². The standard InChI is InChI=1S/C51H54N10O6S/c1-29-28-58(32-15-19-57(20-16-32)33-8-10-38-39(25-33)50(65)61(49(38)64)41-11-13-44(62)56-47(41)63)22-23-59(29)34-9-12-43(53-27-34)55-40-24-31(26-54-48(40)67-3)35-14-18-52-46(30(35)2)60-21-17-37-36-6-4-5-7-42(36)68-45(37)51(60)66/h8-10,12,14,18,24-27,29,32,41H,4-7,11,13,15-17,19-23,28H2,1-3H3,(H,53,55)(H,56,62,63)/t29-,41?/m0/s1. The number of imide groups is 2. The van der Waals surface area contributed by atoms with Crippen LogP contribution in [0.3, 0.4) is 0 Å². The Morgan fingerprint density at radius 3 is 2.35 bits per heavy atom. The van der Waals surface area contributed by atoms with Gasteiger partial charge in [-0.05, 0) is 130 Å². The highest BCUT2D eigenvalue weighted by Crippen LogP contribution is 2.41. The van der Waals surface area contributed by atoms with Gasteiger partial charge in [0.1, 0.15) is 23.4 Å². The zero-order valence-corrected chi connectivity index (χ0v) is 39.4. The van der Waals surface area contributed by atoms with Crippen molar-refractivity contribution in [1.29, 1.82) is 0 Å². The molecule has 17 heteroatoms. The lowest BCUT2D eigenvalue weighted by atomic mass is 9.92. The molecule has 2 N–H and O–H groups in total. The Morgan fingerprint density at radius 2 is 1.57 bits per heavy atom. The van der Waals surface area contributed by atoms with Crippen LogP contribution >= 0.6 is 11.3 Å². The van der Waals surface area contributed by atoms with Crippen LogP contribution in [0.4, 0.5) is 28.7 Å². The SMILES string of the molecule is COc1ncc(-c2ccnc(N3CCc4c(sc5c4CCCC5)C3=O)c2C)cc1Nc1ccc(N2CCN(C3CCN(c4ccc5c(c4)C(=O)N(C4CCC(=O)NC4=O)C5=O)CC3)C[C@@H]2C)cn1. The van der Waals surface area contributed by atoms with Gasteiger partial charge in [0.15, 0.2) is 0 Å². The fourth-order valence-electron chi connectivity index (χ4n) is 11.3. The third-order valence-electron chi connectivity index (χ3n) is 14.9. The second kappa shape index (κ2) is 17.7. The quantitative estimate of drug-likeness (QED) is 0.157. The molecule has 1 aromatic carbocycles. The first-order valence-corrected chi connectivity index (χ1v) is 24.7. The maximum atomic E-state index is 14.0. The van der Waals surface area contributed by atoms with Crippen molar-refractivity contribution in [3.63, 3.8) is 0 Å². The number of thiophene rings is 1. The van der Waals surface area contributed by atoms with E-state index in [2.05, 4.69) is 43.3 Å². The highest BCUT2D eigenvalue weighted by atomic mass is 32.1. The number of benzene rings is 1. The number of nitrogens with zero attached hydrogens (tertiary/aromatic N) is 8. The van der Waals surface area contributed by atoms with Crippen molar-refractivity contribution < 1.29 is 28.7 Å². The summed E-state index contributed by atoms with van der Waals surface area (Å²) in [5.74, 6) is -0.134. The van der Waals surface area contributed by atoms with E-state index in [-0.39, 0.29) is 24.8 Å². The monoisotopic (exact) mass is 934 g/mol. The number of carbonyl (C=O) groups is 5. The molecule has 5 aliphatic heterocycles. The number of carbonyl (C=O) groups excluding carboxylic acids is 5. The summed E-state index contributed by atoms with van der Waals surface area (Å²) in [5, 5.41) is 5.71. The fourth-order valence-corrected chi connectivity index (χ4v) is 12.7. The molecule has 4 aromatic heterocycles. The number of aromatic nitrogens is 3. The number of amides is 5. The minimum atomic E-state index is -0.980. The smallest absolute Gasteiger partial charge is 0.269 e. The first-order valence-electron chi connectivity index (χ1n) is 23.8. The molecule has 1 aliphatic carbocycles. The summed E-state index contributed by atoms with van der Waals surface area (Å²) in [7, 11) is 1.60. The first-order chi connectivity index (χ1) is 33.0. The average molecular weight is 935 g/mol. The number of rotatable bonds is 9. The van der Waals surface area contributed by atoms with Crippen molar-refractivity contribution in [3.8, 4) is 17.0 Å². The number of aryl methyl sites for hydroxylation is 1. The molecule has 5 aromatic rings. The third kappa shape index (κ3) is 7.74. The van der Waals surface area contributed by atoms with E-state index < -0.39 is 29.7 Å². The van der Waals surface area contributed by atoms with Gasteiger partial charge < -0.3 is 19.9 Å². The number of pyridine rings is 3. The number of hydrogen-bond acceptors (Lipinski definition) is 14. The molecule has 3 saturated heterocycles. The van der Waals surface area contributed by atoms with Gasteiger partial charge in [0.2, 0.25) is 17.7 Å². The van der Waals surface area contributed by atoms with Crippen LogP contribution in [-0.2, 0) is 28.9 Å². The molecule has 9 heterocycles. The molecular formula is C51H54N10O6S. The number of hydrogen-bond donors (Lipinski definition) is 2. The molecule has 2 atom stereocenters. The Hall–Kier alpha value is -6.72. The highest BCUT2D eigenvalue weighted by molar-refractivity contribution is 7.14. The number of fused-ring (bicyclic) bond motifs is 4. The van der Waals surface area contributed by atoms with Crippen molar-refractivity contribution in [2.75, 3.05) is 66.4 Å². The molecule has 0 bridgehead atoms. The molecule has 11 rings (SSSR count). The zero-order valence-electron chi connectivity index (χ0n) is 38.5. The van der Waals surface area contributed by atoms with Crippen LogP contribution < -0.4 is 30.1 Å². The summed E-state index contributed by atoms with van der Waals surface area (Å²) in [5.41, 5.74) is 8.64. The summed E-state index contributed by atoms with van der Waals surface area (Å²) in [6, 6.07) is 13.1. The molecule has 3 fully saturated rings. The molecule has 16 nitrogen and oxygen atoms in total. The number of nitrogens with one attached hydrogen (secondary N) is 2. The van der Waals surface area contributed by atoms with Crippen LogP contribution in [0.25, 0.3) is 11.1 Å². The van der Waals surface area contributed by atoms with E-state index >= 15 is 0 Å². The van der Waals surface area contributed by atoms with E-state index in [1.807, 2.05) is 42.3 Å². The van der Waals surface area contributed by atoms with Crippen molar-refractivity contribution >= 4 is 69.6 Å². The number of anilines is 5. The lowest BCUT2D eigenvalue weighted by Crippen LogP contribution is -2.57. The minimum Gasteiger partial charge on any atom is -0.480 e. The Kier molecular flexibility index (Phi) is 11.4. The molecule has 1 unspecified atom stereocenters. The van der Waals surface area contributed by atoms with Crippen molar-refractivity contribution in [2.45, 2.75) is 89.8 Å². The van der Waals surface area contributed by atoms with Gasteiger partial charge in [0, 0.05) is 86.3 Å². The normalized spacial score (nSPS) is 21.2. The molecular weight excluding hydrogens is 881 g/mol. The van der Waals surface area contributed by atoms with Gasteiger partial charge >= 0.3 is 0 Å². The molecule has 68 heavy (non-hydrogen) atoms. The summed E-state index contributed by atoms with van der Waals surface area (Å²) < 4.78 is 5.69. The van der Waals surface area contributed by atoms with E-state index in [0.717, 1.165) is 103 Å². The first kappa shape index (κ1) is 43.8. The van der Waals surface area contributed by atoms with Crippen LogP contribution in [0.2, 0.25) is 0 Å². The Labute approximate surface area is 398 Å². The summed E-state index contributed by atoms with van der Waals surface area (Å²) in [6.45, 7) is 9.25. The van der Waals surface area contributed by atoms with Crippen molar-refractivity contribution in [2.24, 2.45) is 0 Å². The van der Waals surface area contributed by atoms with Crippen LogP contribution in [-0.4, -0.2) is 119 Å². The van der Waals surface area contributed by atoms with Gasteiger partial charge in [-0.15, -0.1) is 11.3 Å². The minimum absolute atomic E-state index is 0.0514. The van der Waals surface area contributed by atoms with Crippen LogP contribution in [0.5, 0.6) is 5.88 Å². The van der Waals surface area contributed by atoms with Crippen LogP contribution in [0.15, 0.2) is 61.1 Å². The number of methoxy groups -OCH3 is 1. The third-order valence-corrected chi connectivity index (χ3v) is 16.2. The molecule has 6 aliphatic rings. The van der Waals surface area contributed by atoms with Gasteiger partial charge in [-0.2, -0.15) is 0 Å². The predicted octanol–water partition coefficient (Wildman–Crippen LogP) is 6.32. The van der Waals surface area contributed by atoms with E-state index in [1.165, 1.54) is 28.8 Å². The lowest BCUT2D eigenvalue weighted by molar-refractivity contribution is -0.136. The molecule has 5 amide bonds. The molecule has 0 spiro atoms. The number of piperazine rings is 1. The summed E-state index contributed by atoms with van der Waals surface area (Å²) in [6.07, 6.45) is 13.1. The van der Waals surface area contributed by atoms with Crippen molar-refractivity contribution in [1.82, 2.24) is 30.1 Å². The van der Waals surface area contributed by atoms with E-state index in [9.17, 15) is 24.0 Å². The predicted molar refractivity (Wildman–Crippen MR) is 259 cm³/mol. The zero-order chi connectivity index (χ0) is 46.8. The van der Waals surface area contributed by atoms with Crippen molar-refractivity contribution in [3.05, 3.63) is 98.6 Å². The molecule has 350 valence electrons. The van der Waals surface area contributed by atoms with Crippen LogP contribution in [0, 0.1) is 6.92 Å². The van der Waals surface area contributed by atoms with E-state index in [4.69, 9.17) is 14.7 Å². The number of ether oxygens (including phenoxy) is 1. The van der Waals surface area contributed by atoms with E-state index in [0.29, 0.717) is 46.9 Å². The fraction of sp³-hybridized carbons (Fsp3) is 0.412. The largest absolute Gasteiger partial charge is 0.480 e. The number of piperidine rings is 2. The average Bonchev–Trinajstić information content (AvgIpc) is 3.86. The topological polar surface area (TPSA) is 174 Å². The van der Waals surface area contributed by atoms with Gasteiger partial charge in [0.25, 0.3) is 17.7 Å². The molecule has 0 radical (unpaired) electrons. The van der Waals surface area contributed by atoms with Crippen LogP contribution in [0.1, 0.15) is 97.4 Å². The second-order valence-corrected chi connectivity index (χ2v) is 19.9. The van der Waals surface area contributed by atoms with Gasteiger partial charge in [-0.3, -0.25) is 44.0 Å². The summed E-state index contributed by atoms with van der Waals surface area (Å²) in [4.78, 5) is 91.5. The van der Waals surface area contributed by atoms with Gasteiger partial charge in [0.05, 0.1) is 35.0 Å². The lowest BCUT2D eigenvalue weighted by Gasteiger charge is -2.46.